The molecule has 130 valence electrons. The number of amides is 1. The van der Waals surface area contributed by atoms with Gasteiger partial charge in [0.15, 0.2) is 11.3 Å². The molecule has 5 nitrogen and oxygen atoms in total. The zero-order valence-electron chi connectivity index (χ0n) is 14.4. The van der Waals surface area contributed by atoms with Crippen molar-refractivity contribution in [1.29, 1.82) is 0 Å². The van der Waals surface area contributed by atoms with Crippen LogP contribution in [0.4, 0.5) is 0 Å². The third kappa shape index (κ3) is 3.90. The molecule has 1 aromatic heterocycles. The average Bonchev–Trinajstić information content (AvgIpc) is 3.23. The SMILES string of the molecule is CCOc1cccc2cc(C(C)NC(=O)CCC3CCNC3)oc12. The molecule has 2 N–H and O–H groups in total. The first-order chi connectivity index (χ1) is 11.7. The number of ether oxygens (including phenoxy) is 1. The number of para-hydroxylation sites is 1. The summed E-state index contributed by atoms with van der Waals surface area (Å²) in [6.45, 7) is 6.60. The first kappa shape index (κ1) is 16.8. The molecule has 0 bridgehead atoms. The third-order valence-corrected chi connectivity index (χ3v) is 4.57. The summed E-state index contributed by atoms with van der Waals surface area (Å²) in [5, 5.41) is 7.37. The van der Waals surface area contributed by atoms with Crippen LogP contribution in [-0.4, -0.2) is 25.6 Å². The molecule has 1 amide bonds. The van der Waals surface area contributed by atoms with Gasteiger partial charge in [-0.25, -0.2) is 0 Å². The molecule has 0 spiro atoms. The Balaban J connectivity index is 1.61. The minimum Gasteiger partial charge on any atom is -0.490 e. The van der Waals surface area contributed by atoms with Gasteiger partial charge in [0.25, 0.3) is 0 Å². The Morgan fingerprint density at radius 2 is 2.38 bits per heavy atom. The van der Waals surface area contributed by atoms with E-state index in [-0.39, 0.29) is 11.9 Å². The monoisotopic (exact) mass is 330 g/mol. The standard InChI is InChI=1S/C19H26N2O3/c1-3-23-16-6-4-5-15-11-17(24-19(15)16)13(2)21-18(22)8-7-14-9-10-20-12-14/h4-6,11,13-14,20H,3,7-10,12H2,1-2H3,(H,21,22). The highest BCUT2D eigenvalue weighted by Crippen LogP contribution is 2.31. The van der Waals surface area contributed by atoms with E-state index in [1.54, 1.807) is 0 Å². The molecule has 5 heteroatoms. The van der Waals surface area contributed by atoms with Gasteiger partial charge >= 0.3 is 0 Å². The van der Waals surface area contributed by atoms with Gasteiger partial charge in [0.1, 0.15) is 5.76 Å². The number of hydrogen-bond donors (Lipinski definition) is 2. The highest BCUT2D eigenvalue weighted by molar-refractivity contribution is 5.84. The van der Waals surface area contributed by atoms with Crippen molar-refractivity contribution in [2.45, 2.75) is 39.2 Å². The van der Waals surface area contributed by atoms with Crippen molar-refractivity contribution in [3.8, 4) is 5.75 Å². The highest BCUT2D eigenvalue weighted by Gasteiger charge is 2.19. The van der Waals surface area contributed by atoms with Crippen LogP contribution in [0.3, 0.4) is 0 Å². The molecule has 1 aliphatic heterocycles. The Bertz CT molecular complexity index is 689. The number of carbonyl (C=O) groups is 1. The molecule has 2 heterocycles. The first-order valence-corrected chi connectivity index (χ1v) is 8.82. The Kier molecular flexibility index (Phi) is 5.41. The summed E-state index contributed by atoms with van der Waals surface area (Å²) in [5.41, 5.74) is 0.743. The molecular weight excluding hydrogens is 304 g/mol. The maximum atomic E-state index is 12.2. The van der Waals surface area contributed by atoms with Gasteiger partial charge in [0.2, 0.25) is 5.91 Å². The Morgan fingerprint density at radius 3 is 3.12 bits per heavy atom. The van der Waals surface area contributed by atoms with E-state index in [2.05, 4.69) is 10.6 Å². The van der Waals surface area contributed by atoms with Crippen LogP contribution in [-0.2, 0) is 4.79 Å². The normalized spacial score (nSPS) is 18.7. The minimum absolute atomic E-state index is 0.0832. The number of nitrogens with one attached hydrogen (secondary N) is 2. The van der Waals surface area contributed by atoms with E-state index >= 15 is 0 Å². The molecule has 0 saturated carbocycles. The number of fused-ring (bicyclic) bond motifs is 1. The topological polar surface area (TPSA) is 63.5 Å². The maximum Gasteiger partial charge on any atom is 0.220 e. The molecule has 0 aliphatic carbocycles. The van der Waals surface area contributed by atoms with E-state index in [9.17, 15) is 4.79 Å². The molecule has 2 aromatic rings. The third-order valence-electron chi connectivity index (χ3n) is 4.57. The number of benzene rings is 1. The van der Waals surface area contributed by atoms with Crippen LogP contribution >= 0.6 is 0 Å². The lowest BCUT2D eigenvalue weighted by molar-refractivity contribution is -0.122. The Hall–Kier alpha value is -2.01. The van der Waals surface area contributed by atoms with Gasteiger partial charge in [-0.15, -0.1) is 0 Å². The Morgan fingerprint density at radius 1 is 1.50 bits per heavy atom. The van der Waals surface area contributed by atoms with E-state index in [0.717, 1.165) is 42.0 Å². The molecule has 24 heavy (non-hydrogen) atoms. The molecule has 1 fully saturated rings. The van der Waals surface area contributed by atoms with Gasteiger partial charge in [0, 0.05) is 11.8 Å². The number of furan rings is 1. The molecule has 1 aromatic carbocycles. The van der Waals surface area contributed by atoms with Crippen molar-refractivity contribution >= 4 is 16.9 Å². The van der Waals surface area contributed by atoms with Crippen LogP contribution < -0.4 is 15.4 Å². The molecular formula is C19H26N2O3. The predicted molar refractivity (Wildman–Crippen MR) is 94.2 cm³/mol. The van der Waals surface area contributed by atoms with Gasteiger partial charge in [-0.2, -0.15) is 0 Å². The van der Waals surface area contributed by atoms with Crippen LogP contribution in [0, 0.1) is 5.92 Å². The molecule has 0 radical (unpaired) electrons. The number of carbonyl (C=O) groups excluding carboxylic acids is 1. The lowest BCUT2D eigenvalue weighted by atomic mass is 10.0. The van der Waals surface area contributed by atoms with Gasteiger partial charge in [-0.3, -0.25) is 4.79 Å². The zero-order valence-corrected chi connectivity index (χ0v) is 14.4. The van der Waals surface area contributed by atoms with Crippen LogP contribution in [0.1, 0.15) is 44.9 Å². The second kappa shape index (κ2) is 7.71. The van der Waals surface area contributed by atoms with Gasteiger partial charge in [-0.1, -0.05) is 12.1 Å². The summed E-state index contributed by atoms with van der Waals surface area (Å²) in [6.07, 6.45) is 2.69. The lowest BCUT2D eigenvalue weighted by Crippen LogP contribution is -2.26. The van der Waals surface area contributed by atoms with E-state index in [1.807, 2.05) is 38.1 Å². The summed E-state index contributed by atoms with van der Waals surface area (Å²) in [6, 6.07) is 7.67. The lowest BCUT2D eigenvalue weighted by Gasteiger charge is -2.13. The minimum atomic E-state index is -0.152. The molecule has 1 saturated heterocycles. The second-order valence-corrected chi connectivity index (χ2v) is 6.44. The fourth-order valence-corrected chi connectivity index (χ4v) is 3.22. The fourth-order valence-electron chi connectivity index (χ4n) is 3.22. The van der Waals surface area contributed by atoms with Crippen molar-refractivity contribution in [3.05, 3.63) is 30.0 Å². The number of hydrogen-bond acceptors (Lipinski definition) is 4. The zero-order chi connectivity index (χ0) is 16.9. The van der Waals surface area contributed by atoms with Crippen LogP contribution in [0.5, 0.6) is 5.75 Å². The van der Waals surface area contributed by atoms with Crippen molar-refractivity contribution in [2.75, 3.05) is 19.7 Å². The molecule has 1 aliphatic rings. The smallest absolute Gasteiger partial charge is 0.220 e. The van der Waals surface area contributed by atoms with Crippen molar-refractivity contribution in [1.82, 2.24) is 10.6 Å². The molecule has 2 unspecified atom stereocenters. The first-order valence-electron chi connectivity index (χ1n) is 8.82. The number of rotatable bonds is 7. The quantitative estimate of drug-likeness (QED) is 0.817. The summed E-state index contributed by atoms with van der Waals surface area (Å²) in [7, 11) is 0. The van der Waals surface area contributed by atoms with Crippen molar-refractivity contribution in [3.63, 3.8) is 0 Å². The van der Waals surface area contributed by atoms with Gasteiger partial charge in [0.05, 0.1) is 12.6 Å². The van der Waals surface area contributed by atoms with Crippen LogP contribution in [0.15, 0.2) is 28.7 Å². The van der Waals surface area contributed by atoms with E-state index in [4.69, 9.17) is 9.15 Å². The maximum absolute atomic E-state index is 12.2. The highest BCUT2D eigenvalue weighted by atomic mass is 16.5. The van der Waals surface area contributed by atoms with Gasteiger partial charge in [-0.05, 0) is 57.8 Å². The fraction of sp³-hybridized carbons (Fsp3) is 0.526. The average molecular weight is 330 g/mol. The summed E-state index contributed by atoms with van der Waals surface area (Å²) in [4.78, 5) is 12.2. The largest absolute Gasteiger partial charge is 0.490 e. The van der Waals surface area contributed by atoms with Crippen LogP contribution in [0.2, 0.25) is 0 Å². The van der Waals surface area contributed by atoms with E-state index < -0.39 is 0 Å². The molecule has 2 atom stereocenters. The van der Waals surface area contributed by atoms with Crippen LogP contribution in [0.25, 0.3) is 11.0 Å². The Labute approximate surface area is 142 Å². The second-order valence-electron chi connectivity index (χ2n) is 6.44. The summed E-state index contributed by atoms with van der Waals surface area (Å²) < 4.78 is 11.5. The van der Waals surface area contributed by atoms with Crippen molar-refractivity contribution in [2.24, 2.45) is 5.92 Å². The predicted octanol–water partition coefficient (Wildman–Crippen LogP) is 3.40. The van der Waals surface area contributed by atoms with E-state index in [0.29, 0.717) is 18.9 Å². The summed E-state index contributed by atoms with van der Waals surface area (Å²) in [5.74, 6) is 2.22. The van der Waals surface area contributed by atoms with Gasteiger partial charge < -0.3 is 19.8 Å². The molecule has 3 rings (SSSR count). The summed E-state index contributed by atoms with van der Waals surface area (Å²) >= 11 is 0. The van der Waals surface area contributed by atoms with Crippen molar-refractivity contribution < 1.29 is 13.9 Å². The van der Waals surface area contributed by atoms with E-state index in [1.165, 1.54) is 6.42 Å².